The van der Waals surface area contributed by atoms with Gasteiger partial charge < -0.3 is 5.32 Å². The topological polar surface area (TPSA) is 66.5 Å². The van der Waals surface area contributed by atoms with Gasteiger partial charge in [0, 0.05) is 6.54 Å². The normalized spacial score (nSPS) is 21.2. The first-order valence-corrected chi connectivity index (χ1v) is 12.9. The highest BCUT2D eigenvalue weighted by molar-refractivity contribution is 7.91. The summed E-state index contributed by atoms with van der Waals surface area (Å²) < 4.78 is 28.5. The molecule has 0 bridgehead atoms. The molecule has 5 nitrogen and oxygen atoms in total. The van der Waals surface area contributed by atoms with Gasteiger partial charge in [0.1, 0.15) is 10.3 Å². The molecule has 0 fully saturated rings. The van der Waals surface area contributed by atoms with E-state index in [1.807, 2.05) is 36.4 Å². The Morgan fingerprint density at radius 1 is 0.968 bits per heavy atom. The summed E-state index contributed by atoms with van der Waals surface area (Å²) in [6.45, 7) is 0.204. The first kappa shape index (κ1) is 20.4. The lowest BCUT2D eigenvalue weighted by Gasteiger charge is -2.36. The van der Waals surface area contributed by atoms with Gasteiger partial charge in [0.25, 0.3) is 10.0 Å². The fraction of sp³-hybridized carbons (Fsp3) is 0.292. The van der Waals surface area contributed by atoms with Crippen molar-refractivity contribution < 1.29 is 13.2 Å². The van der Waals surface area contributed by atoms with E-state index in [0.717, 1.165) is 36.0 Å². The summed E-state index contributed by atoms with van der Waals surface area (Å²) in [5.41, 5.74) is 4.39. The van der Waals surface area contributed by atoms with E-state index in [4.69, 9.17) is 0 Å². The van der Waals surface area contributed by atoms with Crippen LogP contribution in [0.15, 0.2) is 70.3 Å². The number of aryl methyl sites for hydroxylation is 1. The van der Waals surface area contributed by atoms with Crippen LogP contribution in [0.3, 0.4) is 0 Å². The van der Waals surface area contributed by atoms with E-state index < -0.39 is 16.1 Å². The Bertz CT molecular complexity index is 1210. The summed E-state index contributed by atoms with van der Waals surface area (Å²) in [7, 11) is -3.77. The summed E-state index contributed by atoms with van der Waals surface area (Å²) in [5, 5.41) is 4.93. The Morgan fingerprint density at radius 2 is 1.71 bits per heavy atom. The second kappa shape index (κ2) is 8.22. The van der Waals surface area contributed by atoms with Crippen molar-refractivity contribution in [1.29, 1.82) is 0 Å². The highest BCUT2D eigenvalue weighted by Crippen LogP contribution is 2.33. The molecule has 2 atom stereocenters. The Hall–Kier alpha value is -2.48. The molecule has 0 unspecified atom stereocenters. The van der Waals surface area contributed by atoms with E-state index in [1.54, 1.807) is 17.5 Å². The highest BCUT2D eigenvalue weighted by atomic mass is 32.2. The number of hydrogen-bond acceptors (Lipinski definition) is 4. The number of fused-ring (bicyclic) bond motifs is 2. The van der Waals surface area contributed by atoms with Crippen molar-refractivity contribution in [3.63, 3.8) is 0 Å². The zero-order valence-electron chi connectivity index (χ0n) is 17.0. The van der Waals surface area contributed by atoms with Crippen LogP contribution in [0.2, 0.25) is 0 Å². The molecule has 7 heteroatoms. The van der Waals surface area contributed by atoms with E-state index in [9.17, 15) is 13.2 Å². The van der Waals surface area contributed by atoms with Crippen LogP contribution in [0.1, 0.15) is 41.1 Å². The van der Waals surface area contributed by atoms with Gasteiger partial charge in [-0.3, -0.25) is 4.79 Å². The molecule has 1 amide bonds. The number of carbonyl (C=O) groups is 1. The van der Waals surface area contributed by atoms with Crippen LogP contribution in [-0.4, -0.2) is 24.7 Å². The maximum atomic E-state index is 13.5. The van der Waals surface area contributed by atoms with E-state index in [-0.39, 0.29) is 22.7 Å². The number of thiophene rings is 1. The summed E-state index contributed by atoms with van der Waals surface area (Å²) in [6.07, 6.45) is 3.26. The quantitative estimate of drug-likeness (QED) is 0.649. The Labute approximate surface area is 186 Å². The third kappa shape index (κ3) is 3.82. The van der Waals surface area contributed by atoms with Gasteiger partial charge in [-0.05, 0) is 59.4 Å². The van der Waals surface area contributed by atoms with Gasteiger partial charge in [0.05, 0.1) is 6.04 Å². The van der Waals surface area contributed by atoms with Crippen molar-refractivity contribution in [1.82, 2.24) is 9.62 Å². The molecule has 31 heavy (non-hydrogen) atoms. The molecular weight excluding hydrogens is 428 g/mol. The van der Waals surface area contributed by atoms with E-state index in [1.165, 1.54) is 21.2 Å². The third-order valence-corrected chi connectivity index (χ3v) is 9.48. The fourth-order valence-corrected chi connectivity index (χ4v) is 7.36. The molecule has 3 aromatic rings. The predicted octanol–water partition coefficient (Wildman–Crippen LogP) is 4.06. The van der Waals surface area contributed by atoms with Crippen LogP contribution in [0, 0.1) is 0 Å². The number of amides is 1. The van der Waals surface area contributed by atoms with Crippen LogP contribution in [-0.2, 0) is 34.2 Å². The number of nitrogens with zero attached hydrogens (tertiary/aromatic N) is 1. The number of nitrogens with one attached hydrogen (secondary N) is 1. The summed E-state index contributed by atoms with van der Waals surface area (Å²) in [4.78, 5) is 13.5. The molecule has 160 valence electrons. The Kier molecular flexibility index (Phi) is 5.42. The first-order chi connectivity index (χ1) is 15.0. The molecule has 0 saturated heterocycles. The highest BCUT2D eigenvalue weighted by Gasteiger charge is 2.40. The van der Waals surface area contributed by atoms with Crippen molar-refractivity contribution in [3.8, 4) is 0 Å². The average molecular weight is 453 g/mol. The van der Waals surface area contributed by atoms with Crippen LogP contribution in [0.5, 0.6) is 0 Å². The monoisotopic (exact) mass is 452 g/mol. The van der Waals surface area contributed by atoms with E-state index >= 15 is 0 Å². The van der Waals surface area contributed by atoms with Crippen LogP contribution in [0.4, 0.5) is 0 Å². The maximum absolute atomic E-state index is 13.5. The second-order valence-corrected chi connectivity index (χ2v) is 11.2. The molecule has 0 saturated carbocycles. The molecule has 5 rings (SSSR count). The lowest BCUT2D eigenvalue weighted by Crippen LogP contribution is -2.53. The average Bonchev–Trinajstić information content (AvgIpc) is 3.34. The predicted molar refractivity (Wildman–Crippen MR) is 121 cm³/mol. The van der Waals surface area contributed by atoms with Gasteiger partial charge in [-0.1, -0.05) is 54.6 Å². The molecular formula is C24H24N2O3S2. The standard InChI is InChI=1S/C24H24N2O3S2/c27-24(25-21-12-5-10-17-7-3-4-11-20(17)21)22-15-18-8-1-2-9-19(18)16-26(22)31(28,29)23-13-6-14-30-23/h1-4,6-9,11,13-14,21-22H,5,10,12,15-16H2,(H,25,27)/t21-,22-/m0/s1. The minimum atomic E-state index is -3.77. The van der Waals surface area contributed by atoms with Crippen LogP contribution >= 0.6 is 11.3 Å². The second-order valence-electron chi connectivity index (χ2n) is 8.12. The first-order valence-electron chi connectivity index (χ1n) is 10.5. The van der Waals surface area contributed by atoms with Gasteiger partial charge in [-0.25, -0.2) is 8.42 Å². The van der Waals surface area contributed by atoms with Gasteiger partial charge in [-0.15, -0.1) is 11.3 Å². The number of benzene rings is 2. The van der Waals surface area contributed by atoms with Gasteiger partial charge in [-0.2, -0.15) is 4.31 Å². The number of rotatable bonds is 4. The maximum Gasteiger partial charge on any atom is 0.253 e. The van der Waals surface area contributed by atoms with Crippen molar-refractivity contribution in [2.45, 2.75) is 48.5 Å². The van der Waals surface area contributed by atoms with Gasteiger partial charge >= 0.3 is 0 Å². The molecule has 1 N–H and O–H groups in total. The zero-order valence-corrected chi connectivity index (χ0v) is 18.7. The van der Waals surface area contributed by atoms with Crippen LogP contribution < -0.4 is 5.32 Å². The van der Waals surface area contributed by atoms with E-state index in [0.29, 0.717) is 6.42 Å². The molecule has 0 radical (unpaired) electrons. The smallest absolute Gasteiger partial charge is 0.253 e. The van der Waals surface area contributed by atoms with Crippen LogP contribution in [0.25, 0.3) is 0 Å². The molecule has 1 aliphatic heterocycles. The lowest BCUT2D eigenvalue weighted by atomic mass is 9.87. The summed E-state index contributed by atoms with van der Waals surface area (Å²) in [6, 6.07) is 18.5. The molecule has 1 aromatic heterocycles. The number of hydrogen-bond donors (Lipinski definition) is 1. The summed E-state index contributed by atoms with van der Waals surface area (Å²) in [5.74, 6) is -0.226. The summed E-state index contributed by atoms with van der Waals surface area (Å²) >= 11 is 1.18. The van der Waals surface area contributed by atoms with Crippen molar-refractivity contribution in [2.75, 3.05) is 0 Å². The minimum Gasteiger partial charge on any atom is -0.348 e. The zero-order chi connectivity index (χ0) is 21.4. The van der Waals surface area contributed by atoms with Crippen molar-refractivity contribution in [3.05, 3.63) is 88.3 Å². The molecule has 2 heterocycles. The van der Waals surface area contributed by atoms with E-state index in [2.05, 4.69) is 17.4 Å². The molecule has 2 aliphatic rings. The number of sulfonamides is 1. The fourth-order valence-electron chi connectivity index (χ4n) is 4.67. The largest absolute Gasteiger partial charge is 0.348 e. The minimum absolute atomic E-state index is 0.0825. The lowest BCUT2D eigenvalue weighted by molar-refractivity contribution is -0.126. The molecule has 1 aliphatic carbocycles. The van der Waals surface area contributed by atoms with Crippen molar-refractivity contribution >= 4 is 27.3 Å². The molecule has 0 spiro atoms. The Morgan fingerprint density at radius 3 is 2.48 bits per heavy atom. The Balaban J connectivity index is 1.48. The number of carbonyl (C=O) groups excluding carboxylic acids is 1. The molecule has 2 aromatic carbocycles. The van der Waals surface area contributed by atoms with Gasteiger partial charge in [0.2, 0.25) is 5.91 Å². The van der Waals surface area contributed by atoms with Crippen molar-refractivity contribution in [2.24, 2.45) is 0 Å². The SMILES string of the molecule is O=C(N[C@H]1CCCc2ccccc21)[C@@H]1Cc2ccccc2CN1S(=O)(=O)c1cccs1. The van der Waals surface area contributed by atoms with Gasteiger partial charge in [0.15, 0.2) is 0 Å². The third-order valence-electron chi connectivity index (χ3n) is 6.25.